The van der Waals surface area contributed by atoms with Crippen LogP contribution in [0.5, 0.6) is 0 Å². The van der Waals surface area contributed by atoms with E-state index in [1.165, 1.54) is 18.2 Å². The van der Waals surface area contributed by atoms with Gasteiger partial charge in [0.1, 0.15) is 11.4 Å². The van der Waals surface area contributed by atoms with Gasteiger partial charge in [-0.3, -0.25) is 0 Å². The number of hydrogen-bond donors (Lipinski definition) is 0. The molecule has 0 saturated carbocycles. The minimum atomic E-state index is -0.457. The molecule has 0 saturated heterocycles. The summed E-state index contributed by atoms with van der Waals surface area (Å²) in [6.07, 6.45) is 0. The van der Waals surface area contributed by atoms with Crippen LogP contribution in [0.2, 0.25) is 0 Å². The van der Waals surface area contributed by atoms with Gasteiger partial charge < -0.3 is 4.42 Å². The van der Waals surface area contributed by atoms with Gasteiger partial charge in [-0.15, -0.1) is 0 Å². The van der Waals surface area contributed by atoms with Crippen molar-refractivity contribution in [1.82, 2.24) is 0 Å². The van der Waals surface area contributed by atoms with Crippen molar-refractivity contribution in [2.75, 3.05) is 0 Å². The van der Waals surface area contributed by atoms with Crippen LogP contribution in [-0.4, -0.2) is 0 Å². The molecule has 0 aliphatic heterocycles. The lowest BCUT2D eigenvalue weighted by atomic mass is 10.0. The average molecular weight is 239 g/mol. The fourth-order valence-electron chi connectivity index (χ4n) is 1.95. The number of hydrogen-bond acceptors (Lipinski definition) is 2. The van der Waals surface area contributed by atoms with E-state index in [4.69, 9.17) is 4.42 Å². The second kappa shape index (κ2) is 4.11. The number of halogens is 1. The van der Waals surface area contributed by atoms with Gasteiger partial charge in [-0.05, 0) is 41.5 Å². The molecular weight excluding hydrogens is 231 g/mol. The molecular formula is C15H8FO2. The molecule has 3 heteroatoms. The molecule has 3 rings (SSSR count). The van der Waals surface area contributed by atoms with Gasteiger partial charge in [-0.25, -0.2) is 9.18 Å². The second-order valence-corrected chi connectivity index (χ2v) is 3.91. The Morgan fingerprint density at radius 2 is 2.06 bits per heavy atom. The van der Waals surface area contributed by atoms with Crippen LogP contribution >= 0.6 is 0 Å². The summed E-state index contributed by atoms with van der Waals surface area (Å²) in [7, 11) is 0. The van der Waals surface area contributed by atoms with Crippen molar-refractivity contribution < 1.29 is 8.81 Å². The van der Waals surface area contributed by atoms with Gasteiger partial charge in [-0.1, -0.05) is 18.2 Å². The highest BCUT2D eigenvalue weighted by molar-refractivity contribution is 5.92. The maximum Gasteiger partial charge on any atom is 0.336 e. The predicted molar refractivity (Wildman–Crippen MR) is 66.7 cm³/mol. The highest BCUT2D eigenvalue weighted by Gasteiger charge is 2.07. The molecule has 1 radical (unpaired) electrons. The maximum absolute atomic E-state index is 13.2. The fraction of sp³-hybridized carbons (Fsp3) is 0. The van der Waals surface area contributed by atoms with E-state index >= 15 is 0 Å². The molecule has 1 aromatic heterocycles. The van der Waals surface area contributed by atoms with E-state index in [0.29, 0.717) is 16.7 Å². The summed E-state index contributed by atoms with van der Waals surface area (Å²) in [5.74, 6) is -0.337. The largest absolute Gasteiger partial charge is 0.423 e. The number of rotatable bonds is 1. The van der Waals surface area contributed by atoms with E-state index in [-0.39, 0.29) is 5.82 Å². The predicted octanol–water partition coefficient (Wildman–Crippen LogP) is 3.40. The monoisotopic (exact) mass is 239 g/mol. The van der Waals surface area contributed by atoms with Crippen LogP contribution in [0.4, 0.5) is 4.39 Å². The SMILES string of the molecule is O=c1cc(-c2cccc(F)c2)c2cc[c]cc2o1. The minimum absolute atomic E-state index is 0.337. The van der Waals surface area contributed by atoms with E-state index in [9.17, 15) is 9.18 Å². The molecule has 0 aliphatic carbocycles. The number of benzene rings is 2. The third kappa shape index (κ3) is 1.80. The summed E-state index contributed by atoms with van der Waals surface area (Å²) in [6, 6.07) is 15.5. The molecule has 3 aromatic rings. The van der Waals surface area contributed by atoms with Crippen LogP contribution in [0.3, 0.4) is 0 Å². The van der Waals surface area contributed by atoms with Crippen molar-refractivity contribution in [1.29, 1.82) is 0 Å². The Morgan fingerprint density at radius 3 is 2.89 bits per heavy atom. The van der Waals surface area contributed by atoms with Crippen LogP contribution in [0, 0.1) is 11.9 Å². The van der Waals surface area contributed by atoms with Crippen molar-refractivity contribution in [3.8, 4) is 11.1 Å². The van der Waals surface area contributed by atoms with Gasteiger partial charge in [0.25, 0.3) is 0 Å². The Bertz CT molecular complexity index is 775. The van der Waals surface area contributed by atoms with Gasteiger partial charge >= 0.3 is 5.63 Å². The first-order valence-corrected chi connectivity index (χ1v) is 5.44. The first-order chi connectivity index (χ1) is 8.74. The van der Waals surface area contributed by atoms with Crippen molar-refractivity contribution in [3.05, 3.63) is 70.8 Å². The van der Waals surface area contributed by atoms with Gasteiger partial charge in [0.05, 0.1) is 0 Å². The molecule has 0 amide bonds. The van der Waals surface area contributed by atoms with Gasteiger partial charge in [0, 0.05) is 11.5 Å². The Kier molecular flexibility index (Phi) is 2.45. The van der Waals surface area contributed by atoms with Crippen LogP contribution in [-0.2, 0) is 0 Å². The van der Waals surface area contributed by atoms with E-state index in [2.05, 4.69) is 6.07 Å². The molecule has 87 valence electrons. The summed E-state index contributed by atoms with van der Waals surface area (Å²) in [5.41, 5.74) is 1.31. The van der Waals surface area contributed by atoms with E-state index in [1.807, 2.05) is 0 Å². The van der Waals surface area contributed by atoms with Crippen molar-refractivity contribution in [2.45, 2.75) is 0 Å². The van der Waals surface area contributed by atoms with Crippen LogP contribution < -0.4 is 5.63 Å². The van der Waals surface area contributed by atoms with Gasteiger partial charge in [0.15, 0.2) is 0 Å². The van der Waals surface area contributed by atoms with Crippen molar-refractivity contribution in [2.24, 2.45) is 0 Å². The van der Waals surface area contributed by atoms with Crippen LogP contribution in [0.1, 0.15) is 0 Å². The highest BCUT2D eigenvalue weighted by Crippen LogP contribution is 2.27. The normalized spacial score (nSPS) is 10.7. The molecule has 2 nitrogen and oxygen atoms in total. The van der Waals surface area contributed by atoms with Gasteiger partial charge in [0.2, 0.25) is 0 Å². The summed E-state index contributed by atoms with van der Waals surface area (Å²) in [5, 5.41) is 0.763. The third-order valence-corrected chi connectivity index (χ3v) is 2.72. The third-order valence-electron chi connectivity index (χ3n) is 2.72. The first-order valence-electron chi connectivity index (χ1n) is 5.44. The lowest BCUT2D eigenvalue weighted by Gasteiger charge is -2.05. The Morgan fingerprint density at radius 1 is 1.17 bits per heavy atom. The summed E-state index contributed by atoms with van der Waals surface area (Å²) in [4.78, 5) is 11.5. The molecule has 0 fully saturated rings. The number of fused-ring (bicyclic) bond motifs is 1. The first kappa shape index (κ1) is 10.7. The summed E-state index contributed by atoms with van der Waals surface area (Å²) >= 11 is 0. The molecule has 0 unspecified atom stereocenters. The Hall–Kier alpha value is -2.42. The molecule has 18 heavy (non-hydrogen) atoms. The topological polar surface area (TPSA) is 30.2 Å². The second-order valence-electron chi connectivity index (χ2n) is 3.91. The minimum Gasteiger partial charge on any atom is -0.423 e. The van der Waals surface area contributed by atoms with Gasteiger partial charge in [-0.2, -0.15) is 0 Å². The van der Waals surface area contributed by atoms with E-state index < -0.39 is 5.63 Å². The molecule has 0 spiro atoms. The molecule has 0 bridgehead atoms. The van der Waals surface area contributed by atoms with Crippen molar-refractivity contribution >= 4 is 11.0 Å². The summed E-state index contributed by atoms with van der Waals surface area (Å²) < 4.78 is 18.3. The zero-order valence-electron chi connectivity index (χ0n) is 9.31. The quantitative estimate of drug-likeness (QED) is 0.609. The van der Waals surface area contributed by atoms with E-state index in [1.54, 1.807) is 30.3 Å². The van der Waals surface area contributed by atoms with Crippen molar-refractivity contribution in [3.63, 3.8) is 0 Å². The molecule has 0 aliphatic rings. The lowest BCUT2D eigenvalue weighted by molar-refractivity contribution is 0.561. The van der Waals surface area contributed by atoms with Crippen LogP contribution in [0.25, 0.3) is 22.1 Å². The fourth-order valence-corrected chi connectivity index (χ4v) is 1.95. The highest BCUT2D eigenvalue weighted by atomic mass is 19.1. The summed E-state index contributed by atoms with van der Waals surface area (Å²) in [6.45, 7) is 0. The lowest BCUT2D eigenvalue weighted by Crippen LogP contribution is -1.98. The molecule has 1 heterocycles. The van der Waals surface area contributed by atoms with Crippen LogP contribution in [0.15, 0.2) is 57.7 Å². The average Bonchev–Trinajstić information content (AvgIpc) is 2.37. The molecule has 2 aromatic carbocycles. The van der Waals surface area contributed by atoms with E-state index in [0.717, 1.165) is 5.39 Å². The zero-order chi connectivity index (χ0) is 12.5. The molecule has 0 N–H and O–H groups in total. The Balaban J connectivity index is 2.38. The smallest absolute Gasteiger partial charge is 0.336 e. The standard InChI is InChI=1S/C15H8FO2/c16-11-5-3-4-10(8-11)13-9-15(17)18-14-7-2-1-6-12(13)14/h1,3-9H. The maximum atomic E-state index is 13.2. The Labute approximate surface area is 102 Å². The zero-order valence-corrected chi connectivity index (χ0v) is 9.31. The molecule has 0 atom stereocenters.